The van der Waals surface area contributed by atoms with Crippen LogP contribution < -0.4 is 0 Å². The number of carbonyl (C=O) groups is 2. The zero-order valence-electron chi connectivity index (χ0n) is 7.99. The molecule has 2 rings (SSSR count). The SMILES string of the molecule is CCN1CC(=O)c2ccccc2C1=O. The number of hydrogen-bond acceptors (Lipinski definition) is 2. The Labute approximate surface area is 82.3 Å². The minimum Gasteiger partial charge on any atom is -0.331 e. The predicted molar refractivity (Wildman–Crippen MR) is 52.4 cm³/mol. The number of carbonyl (C=O) groups excluding carboxylic acids is 2. The van der Waals surface area contributed by atoms with Gasteiger partial charge in [-0.2, -0.15) is 0 Å². The van der Waals surface area contributed by atoms with Gasteiger partial charge in [0.1, 0.15) is 0 Å². The average Bonchev–Trinajstić information content (AvgIpc) is 2.23. The summed E-state index contributed by atoms with van der Waals surface area (Å²) in [7, 11) is 0. The van der Waals surface area contributed by atoms with Crippen molar-refractivity contribution in [3.8, 4) is 0 Å². The molecule has 1 aromatic carbocycles. The zero-order chi connectivity index (χ0) is 10.1. The molecule has 0 unspecified atom stereocenters. The molecule has 3 heteroatoms. The van der Waals surface area contributed by atoms with Gasteiger partial charge in [-0.25, -0.2) is 0 Å². The molecule has 0 aromatic heterocycles. The van der Waals surface area contributed by atoms with Gasteiger partial charge >= 0.3 is 0 Å². The summed E-state index contributed by atoms with van der Waals surface area (Å²) in [5.41, 5.74) is 1.09. The van der Waals surface area contributed by atoms with Crippen LogP contribution in [0.2, 0.25) is 0 Å². The first kappa shape index (κ1) is 8.94. The van der Waals surface area contributed by atoms with Gasteiger partial charge in [0.05, 0.1) is 12.1 Å². The highest BCUT2D eigenvalue weighted by atomic mass is 16.2. The topological polar surface area (TPSA) is 37.4 Å². The van der Waals surface area contributed by atoms with Gasteiger partial charge in [-0.05, 0) is 13.0 Å². The van der Waals surface area contributed by atoms with Crippen molar-refractivity contribution in [1.82, 2.24) is 4.90 Å². The van der Waals surface area contributed by atoms with Gasteiger partial charge in [0.2, 0.25) is 0 Å². The van der Waals surface area contributed by atoms with Crippen LogP contribution in [-0.2, 0) is 0 Å². The van der Waals surface area contributed by atoms with Gasteiger partial charge in [-0.1, -0.05) is 18.2 Å². The number of ketones is 1. The first-order valence-corrected chi connectivity index (χ1v) is 4.65. The fourth-order valence-electron chi connectivity index (χ4n) is 1.67. The van der Waals surface area contributed by atoms with Crippen LogP contribution in [0.1, 0.15) is 27.6 Å². The molecular formula is C11H11NO2. The lowest BCUT2D eigenvalue weighted by Crippen LogP contribution is -2.40. The average molecular weight is 189 g/mol. The number of amides is 1. The number of rotatable bonds is 1. The van der Waals surface area contributed by atoms with Crippen LogP contribution in [0, 0.1) is 0 Å². The van der Waals surface area contributed by atoms with Gasteiger partial charge in [0.25, 0.3) is 5.91 Å². The first-order chi connectivity index (χ1) is 6.74. The molecule has 0 saturated heterocycles. The van der Waals surface area contributed by atoms with E-state index in [1.54, 1.807) is 29.2 Å². The highest BCUT2D eigenvalue weighted by molar-refractivity contribution is 6.13. The van der Waals surface area contributed by atoms with Crippen LogP contribution in [0.15, 0.2) is 24.3 Å². The van der Waals surface area contributed by atoms with Gasteiger partial charge in [0.15, 0.2) is 5.78 Å². The van der Waals surface area contributed by atoms with E-state index < -0.39 is 0 Å². The van der Waals surface area contributed by atoms with Gasteiger partial charge in [0, 0.05) is 12.1 Å². The summed E-state index contributed by atoms with van der Waals surface area (Å²) in [4.78, 5) is 24.9. The lowest BCUT2D eigenvalue weighted by Gasteiger charge is -2.25. The van der Waals surface area contributed by atoms with E-state index in [4.69, 9.17) is 0 Å². The number of nitrogens with zero attached hydrogens (tertiary/aromatic N) is 1. The summed E-state index contributed by atoms with van der Waals surface area (Å²) in [6.45, 7) is 2.67. The molecule has 1 aliphatic rings. The van der Waals surface area contributed by atoms with E-state index in [9.17, 15) is 9.59 Å². The molecule has 0 N–H and O–H groups in total. The molecule has 0 radical (unpaired) electrons. The molecule has 0 spiro atoms. The molecule has 3 nitrogen and oxygen atoms in total. The van der Waals surface area contributed by atoms with Crippen molar-refractivity contribution in [3.63, 3.8) is 0 Å². The van der Waals surface area contributed by atoms with E-state index >= 15 is 0 Å². The van der Waals surface area contributed by atoms with Crippen molar-refractivity contribution in [1.29, 1.82) is 0 Å². The van der Waals surface area contributed by atoms with Crippen molar-refractivity contribution >= 4 is 11.7 Å². The van der Waals surface area contributed by atoms with Crippen molar-refractivity contribution in [2.75, 3.05) is 13.1 Å². The molecule has 0 atom stereocenters. The van der Waals surface area contributed by atoms with E-state index in [-0.39, 0.29) is 18.2 Å². The maximum Gasteiger partial charge on any atom is 0.254 e. The quantitative estimate of drug-likeness (QED) is 0.668. The van der Waals surface area contributed by atoms with Crippen molar-refractivity contribution in [2.45, 2.75) is 6.92 Å². The summed E-state index contributed by atoms with van der Waals surface area (Å²) in [6, 6.07) is 6.98. The summed E-state index contributed by atoms with van der Waals surface area (Å²) < 4.78 is 0. The second kappa shape index (κ2) is 3.25. The number of benzene rings is 1. The van der Waals surface area contributed by atoms with Gasteiger partial charge in [-0.15, -0.1) is 0 Å². The lowest BCUT2D eigenvalue weighted by atomic mass is 9.98. The van der Waals surface area contributed by atoms with Crippen LogP contribution >= 0.6 is 0 Å². The Morgan fingerprint density at radius 1 is 1.21 bits per heavy atom. The van der Waals surface area contributed by atoms with E-state index in [0.717, 1.165) is 0 Å². The van der Waals surface area contributed by atoms with Crippen LogP contribution in [-0.4, -0.2) is 29.7 Å². The van der Waals surface area contributed by atoms with Crippen LogP contribution in [0.5, 0.6) is 0 Å². The third-order valence-corrected chi connectivity index (χ3v) is 2.46. The number of hydrogen-bond donors (Lipinski definition) is 0. The molecule has 0 fully saturated rings. The molecule has 1 amide bonds. The summed E-state index contributed by atoms with van der Waals surface area (Å²) in [5, 5.41) is 0. The summed E-state index contributed by atoms with van der Waals surface area (Å²) >= 11 is 0. The van der Waals surface area contributed by atoms with E-state index in [1.807, 2.05) is 6.92 Å². The monoisotopic (exact) mass is 189 g/mol. The number of likely N-dealkylation sites (N-methyl/N-ethyl adjacent to an activating group) is 1. The summed E-state index contributed by atoms with van der Waals surface area (Å²) in [5.74, 6) is -0.00949. The van der Waals surface area contributed by atoms with Crippen molar-refractivity contribution < 1.29 is 9.59 Å². The lowest BCUT2D eigenvalue weighted by molar-refractivity contribution is 0.0689. The fraction of sp³-hybridized carbons (Fsp3) is 0.273. The minimum absolute atomic E-state index is 0.0297. The van der Waals surface area contributed by atoms with Crippen LogP contribution in [0.25, 0.3) is 0 Å². The normalized spacial score (nSPS) is 15.6. The van der Waals surface area contributed by atoms with E-state index in [2.05, 4.69) is 0 Å². The Morgan fingerprint density at radius 3 is 2.50 bits per heavy atom. The fourth-order valence-corrected chi connectivity index (χ4v) is 1.67. The molecule has 0 aliphatic carbocycles. The molecular weight excluding hydrogens is 178 g/mol. The third kappa shape index (κ3) is 1.21. The van der Waals surface area contributed by atoms with E-state index in [0.29, 0.717) is 17.7 Å². The predicted octanol–water partition coefficient (Wildman–Crippen LogP) is 1.34. The zero-order valence-corrected chi connectivity index (χ0v) is 7.99. The number of fused-ring (bicyclic) bond motifs is 1. The molecule has 0 bridgehead atoms. The highest BCUT2D eigenvalue weighted by Gasteiger charge is 2.27. The largest absolute Gasteiger partial charge is 0.331 e. The second-order valence-electron chi connectivity index (χ2n) is 3.29. The summed E-state index contributed by atoms with van der Waals surface area (Å²) in [6.07, 6.45) is 0. The Kier molecular flexibility index (Phi) is 2.08. The molecule has 1 heterocycles. The molecule has 72 valence electrons. The van der Waals surface area contributed by atoms with Crippen LogP contribution in [0.4, 0.5) is 0 Å². The highest BCUT2D eigenvalue weighted by Crippen LogP contribution is 2.17. The van der Waals surface area contributed by atoms with E-state index in [1.165, 1.54) is 0 Å². The maximum atomic E-state index is 11.8. The second-order valence-corrected chi connectivity index (χ2v) is 3.29. The molecule has 14 heavy (non-hydrogen) atoms. The molecule has 1 aliphatic heterocycles. The van der Waals surface area contributed by atoms with Gasteiger partial charge < -0.3 is 4.90 Å². The number of Topliss-reactive ketones (excluding diaryl/α,β-unsaturated/α-hetero) is 1. The Bertz CT molecular complexity index is 398. The Balaban J connectivity index is 2.51. The Hall–Kier alpha value is -1.64. The third-order valence-electron chi connectivity index (χ3n) is 2.46. The molecule has 1 aromatic rings. The smallest absolute Gasteiger partial charge is 0.254 e. The van der Waals surface area contributed by atoms with Crippen molar-refractivity contribution in [2.24, 2.45) is 0 Å². The van der Waals surface area contributed by atoms with Crippen molar-refractivity contribution in [3.05, 3.63) is 35.4 Å². The van der Waals surface area contributed by atoms with Crippen LogP contribution in [0.3, 0.4) is 0 Å². The maximum absolute atomic E-state index is 11.8. The minimum atomic E-state index is -0.0392. The first-order valence-electron chi connectivity index (χ1n) is 4.65. The Morgan fingerprint density at radius 2 is 1.86 bits per heavy atom. The standard InChI is InChI=1S/C11H11NO2/c1-2-12-7-10(13)8-5-3-4-6-9(8)11(12)14/h3-6H,2,7H2,1H3. The van der Waals surface area contributed by atoms with Gasteiger partial charge in [-0.3, -0.25) is 9.59 Å². The molecule has 0 saturated carbocycles.